The molecule has 0 saturated heterocycles. The van der Waals surface area contributed by atoms with Gasteiger partial charge in [-0.25, -0.2) is 4.79 Å². The number of nitrogens with one attached hydrogen (secondary N) is 3. The van der Waals surface area contributed by atoms with E-state index in [2.05, 4.69) is 16.0 Å². The number of aliphatic hydroxyl groups excluding tert-OH is 1. The summed E-state index contributed by atoms with van der Waals surface area (Å²) in [6.07, 6.45) is -0.159. The van der Waals surface area contributed by atoms with Crippen molar-refractivity contribution in [2.75, 3.05) is 37.4 Å². The molecule has 0 unspecified atom stereocenters. The molecule has 1 aliphatic heterocycles. The van der Waals surface area contributed by atoms with Crippen molar-refractivity contribution >= 4 is 34.1 Å². The predicted octanol–water partition coefficient (Wildman–Crippen LogP) is 3.92. The van der Waals surface area contributed by atoms with Crippen molar-refractivity contribution in [3.05, 3.63) is 66.2 Å². The minimum Gasteiger partial charge on any atom is -0.488 e. The first-order valence-electron chi connectivity index (χ1n) is 11.8. The highest BCUT2D eigenvalue weighted by Gasteiger charge is 2.32. The first kappa shape index (κ1) is 24.5. The van der Waals surface area contributed by atoms with E-state index in [0.717, 1.165) is 10.8 Å². The molecule has 8 nitrogen and oxygen atoms in total. The third kappa shape index (κ3) is 5.39. The molecular weight excluding hydrogens is 444 g/mol. The van der Waals surface area contributed by atoms with Crippen LogP contribution in [-0.4, -0.2) is 60.8 Å². The molecule has 3 aromatic carbocycles. The first-order chi connectivity index (χ1) is 16.9. The van der Waals surface area contributed by atoms with Gasteiger partial charge in [0.25, 0.3) is 5.91 Å². The maximum Gasteiger partial charge on any atom is 0.323 e. The molecule has 0 bridgehead atoms. The molecule has 0 aromatic heterocycles. The Bertz CT molecular complexity index is 1210. The Balaban J connectivity index is 1.60. The second-order valence-corrected chi connectivity index (χ2v) is 9.00. The molecule has 0 aliphatic carbocycles. The summed E-state index contributed by atoms with van der Waals surface area (Å²) >= 11 is 0. The van der Waals surface area contributed by atoms with Crippen LogP contribution in [0.15, 0.2) is 60.7 Å². The summed E-state index contributed by atoms with van der Waals surface area (Å²) < 4.78 is 6.22. The third-order valence-electron chi connectivity index (χ3n) is 6.37. The fourth-order valence-electron chi connectivity index (χ4n) is 4.36. The van der Waals surface area contributed by atoms with Gasteiger partial charge in [0.1, 0.15) is 11.9 Å². The number of ether oxygens (including phenoxy) is 1. The van der Waals surface area contributed by atoms with Crippen molar-refractivity contribution in [1.29, 1.82) is 0 Å². The summed E-state index contributed by atoms with van der Waals surface area (Å²) in [5, 5.41) is 20.6. The van der Waals surface area contributed by atoms with Crippen molar-refractivity contribution in [1.82, 2.24) is 10.2 Å². The molecule has 3 atom stereocenters. The van der Waals surface area contributed by atoms with Crippen molar-refractivity contribution < 1.29 is 19.4 Å². The van der Waals surface area contributed by atoms with E-state index in [9.17, 15) is 14.7 Å². The first-order valence-corrected chi connectivity index (χ1v) is 11.8. The zero-order valence-corrected chi connectivity index (χ0v) is 20.2. The third-order valence-corrected chi connectivity index (χ3v) is 6.37. The summed E-state index contributed by atoms with van der Waals surface area (Å²) in [6.45, 7) is 4.77. The van der Waals surface area contributed by atoms with Gasteiger partial charge in [0.15, 0.2) is 0 Å². The van der Waals surface area contributed by atoms with Crippen LogP contribution in [0.25, 0.3) is 10.8 Å². The fourth-order valence-corrected chi connectivity index (χ4v) is 4.36. The van der Waals surface area contributed by atoms with E-state index >= 15 is 0 Å². The lowest BCUT2D eigenvalue weighted by atomic mass is 9.99. The van der Waals surface area contributed by atoms with Crippen LogP contribution < -0.4 is 20.7 Å². The van der Waals surface area contributed by atoms with Gasteiger partial charge in [-0.1, -0.05) is 43.3 Å². The maximum absolute atomic E-state index is 13.5. The Labute approximate surface area is 205 Å². The summed E-state index contributed by atoms with van der Waals surface area (Å²) in [7, 11) is 1.86. The molecule has 4 N–H and O–H groups in total. The lowest BCUT2D eigenvalue weighted by Crippen LogP contribution is -2.49. The van der Waals surface area contributed by atoms with Gasteiger partial charge in [-0.15, -0.1) is 0 Å². The highest BCUT2D eigenvalue weighted by Crippen LogP contribution is 2.30. The number of benzene rings is 3. The number of aliphatic hydroxyl groups is 1. The molecule has 0 fully saturated rings. The SMILES string of the molecule is CNC[C@H]1Oc2ccc(NC(=O)Nc3cccc4ccccc34)cc2C(=O)N([C@H](C)CO)C[C@@H]1C. The van der Waals surface area contributed by atoms with E-state index in [1.165, 1.54) is 0 Å². The smallest absolute Gasteiger partial charge is 0.323 e. The average Bonchev–Trinajstić information content (AvgIpc) is 2.86. The molecule has 0 saturated carbocycles. The number of nitrogens with zero attached hydrogens (tertiary/aromatic N) is 1. The van der Waals surface area contributed by atoms with Crippen LogP contribution in [0.3, 0.4) is 0 Å². The van der Waals surface area contributed by atoms with Gasteiger partial charge in [-0.2, -0.15) is 0 Å². The largest absolute Gasteiger partial charge is 0.488 e. The van der Waals surface area contributed by atoms with Crippen molar-refractivity contribution in [3.63, 3.8) is 0 Å². The molecule has 1 aliphatic rings. The quantitative estimate of drug-likeness (QED) is 0.432. The maximum atomic E-state index is 13.5. The Morgan fingerprint density at radius 1 is 1.14 bits per heavy atom. The predicted molar refractivity (Wildman–Crippen MR) is 138 cm³/mol. The van der Waals surface area contributed by atoms with Crippen LogP contribution in [-0.2, 0) is 0 Å². The van der Waals surface area contributed by atoms with Crippen molar-refractivity contribution in [2.24, 2.45) is 5.92 Å². The highest BCUT2D eigenvalue weighted by atomic mass is 16.5. The highest BCUT2D eigenvalue weighted by molar-refractivity contribution is 6.07. The molecule has 0 radical (unpaired) electrons. The molecule has 3 aromatic rings. The van der Waals surface area contributed by atoms with Gasteiger partial charge in [0.2, 0.25) is 0 Å². The fraction of sp³-hybridized carbons (Fsp3) is 0.333. The van der Waals surface area contributed by atoms with E-state index in [-0.39, 0.29) is 30.6 Å². The molecular formula is C27H32N4O4. The number of urea groups is 1. The molecule has 3 amide bonds. The molecule has 4 rings (SSSR count). The number of carbonyl (C=O) groups excluding carboxylic acids is 2. The number of amides is 3. The Morgan fingerprint density at radius 2 is 1.91 bits per heavy atom. The van der Waals surface area contributed by atoms with Crippen LogP contribution in [0.1, 0.15) is 24.2 Å². The zero-order valence-electron chi connectivity index (χ0n) is 20.2. The van der Waals surface area contributed by atoms with E-state index in [1.807, 2.05) is 63.4 Å². The van der Waals surface area contributed by atoms with E-state index in [1.54, 1.807) is 23.1 Å². The number of anilines is 2. The van der Waals surface area contributed by atoms with Gasteiger partial charge < -0.3 is 30.7 Å². The molecule has 8 heteroatoms. The lowest BCUT2D eigenvalue weighted by Gasteiger charge is -2.37. The van der Waals surface area contributed by atoms with Gasteiger partial charge in [0.05, 0.1) is 23.9 Å². The second-order valence-electron chi connectivity index (χ2n) is 9.00. The van der Waals surface area contributed by atoms with Gasteiger partial charge in [-0.3, -0.25) is 4.79 Å². The normalized spacial score (nSPS) is 18.7. The molecule has 35 heavy (non-hydrogen) atoms. The van der Waals surface area contributed by atoms with Crippen molar-refractivity contribution in [2.45, 2.75) is 26.0 Å². The standard InChI is InChI=1S/C27H32N4O4/c1-17-15-31(18(2)16-32)26(33)22-13-20(11-12-24(22)35-25(17)14-28-3)29-27(34)30-23-10-6-8-19-7-4-5-9-21(19)23/h4-13,17-18,25,28,32H,14-16H2,1-3H3,(H2,29,30,34)/t17-,18+,25+/m0/s1. The zero-order chi connectivity index (χ0) is 24.9. The van der Waals surface area contributed by atoms with Crippen LogP contribution in [0.4, 0.5) is 16.2 Å². The van der Waals surface area contributed by atoms with Crippen LogP contribution in [0, 0.1) is 5.92 Å². The topological polar surface area (TPSA) is 103 Å². The second kappa shape index (κ2) is 10.8. The Kier molecular flexibility index (Phi) is 7.53. The number of rotatable bonds is 6. The van der Waals surface area contributed by atoms with Crippen molar-refractivity contribution in [3.8, 4) is 5.75 Å². The minimum atomic E-state index is -0.414. The molecule has 1 heterocycles. The molecule has 184 valence electrons. The Hall–Kier alpha value is -3.62. The summed E-state index contributed by atoms with van der Waals surface area (Å²) in [6, 6.07) is 17.8. The van der Waals surface area contributed by atoms with Crippen LogP contribution in [0.5, 0.6) is 5.75 Å². The number of carbonyl (C=O) groups is 2. The van der Waals surface area contributed by atoms with Crippen LogP contribution in [0.2, 0.25) is 0 Å². The lowest BCUT2D eigenvalue weighted by molar-refractivity contribution is 0.0416. The summed E-state index contributed by atoms with van der Waals surface area (Å²) in [5.41, 5.74) is 1.51. The van der Waals surface area contributed by atoms with Gasteiger partial charge in [-0.05, 0) is 43.6 Å². The monoisotopic (exact) mass is 476 g/mol. The average molecular weight is 477 g/mol. The van der Waals surface area contributed by atoms with E-state index in [0.29, 0.717) is 35.8 Å². The number of hydrogen-bond acceptors (Lipinski definition) is 5. The Morgan fingerprint density at radius 3 is 2.69 bits per heavy atom. The van der Waals surface area contributed by atoms with Crippen LogP contribution >= 0.6 is 0 Å². The van der Waals surface area contributed by atoms with Gasteiger partial charge >= 0.3 is 6.03 Å². The van der Waals surface area contributed by atoms with Gasteiger partial charge in [0, 0.05) is 30.1 Å². The number of hydrogen-bond donors (Lipinski definition) is 4. The summed E-state index contributed by atoms with van der Waals surface area (Å²) in [4.78, 5) is 27.9. The number of fused-ring (bicyclic) bond motifs is 2. The summed E-state index contributed by atoms with van der Waals surface area (Å²) in [5.74, 6) is 0.268. The van der Waals surface area contributed by atoms with E-state index < -0.39 is 6.03 Å². The minimum absolute atomic E-state index is 0.0535. The van der Waals surface area contributed by atoms with E-state index in [4.69, 9.17) is 4.74 Å². The molecule has 0 spiro atoms. The number of likely N-dealkylation sites (N-methyl/N-ethyl adjacent to an activating group) is 1.